The number of hydrogen-bond acceptors (Lipinski definition) is 7. The molecule has 2 N–H and O–H groups in total. The van der Waals surface area contributed by atoms with Crippen molar-refractivity contribution in [2.24, 2.45) is 0 Å². The number of nitrogens with zero attached hydrogens (tertiary/aromatic N) is 3. The van der Waals surface area contributed by atoms with Crippen molar-refractivity contribution >= 4 is 56.4 Å². The number of carboxylic acids is 1. The van der Waals surface area contributed by atoms with Crippen molar-refractivity contribution in [3.05, 3.63) is 40.8 Å². The highest BCUT2D eigenvalue weighted by atomic mass is 32.1. The monoisotopic (exact) mass is 469 g/mol. The number of fused-ring (bicyclic) bond motifs is 2. The summed E-state index contributed by atoms with van der Waals surface area (Å²) in [7, 11) is 0. The predicted octanol–water partition coefficient (Wildman–Crippen LogP) is 4.93. The van der Waals surface area contributed by atoms with Gasteiger partial charge in [0.15, 0.2) is 5.78 Å². The Bertz CT molecular complexity index is 1480. The van der Waals surface area contributed by atoms with Crippen LogP contribution < -0.4 is 0 Å². The average Bonchev–Trinajstić information content (AvgIpc) is 3.36. The summed E-state index contributed by atoms with van der Waals surface area (Å²) in [5.74, 6) is -1.37. The van der Waals surface area contributed by atoms with E-state index in [4.69, 9.17) is 4.74 Å². The lowest BCUT2D eigenvalue weighted by Crippen LogP contribution is -2.27. The van der Waals surface area contributed by atoms with E-state index in [0.29, 0.717) is 21.1 Å². The molecule has 0 aliphatic heterocycles. The van der Waals surface area contributed by atoms with Crippen molar-refractivity contribution in [3.63, 3.8) is 0 Å². The number of carboxylic acid groups (broad SMARTS) is 2. The largest absolute Gasteiger partial charge is 0.477 e. The van der Waals surface area contributed by atoms with Crippen molar-refractivity contribution in [1.29, 1.82) is 0 Å². The second-order valence-electron chi connectivity index (χ2n) is 8.35. The highest BCUT2D eigenvalue weighted by Gasteiger charge is 2.28. The number of aromatic nitrogens is 3. The first kappa shape index (κ1) is 22.2. The van der Waals surface area contributed by atoms with Gasteiger partial charge in [0.2, 0.25) is 0 Å². The first-order chi connectivity index (χ1) is 15.4. The van der Waals surface area contributed by atoms with Crippen LogP contribution in [0.4, 0.5) is 9.59 Å². The number of ether oxygens (including phenoxy) is 1. The van der Waals surface area contributed by atoms with E-state index in [1.807, 2.05) is 0 Å². The number of benzene rings is 1. The standard InChI is InChI=1S/C22H19N3O7S/c1-10(26)11-5-6-13-12(7-11)8-14(24(13)21(31)32-22(2,3)4)17-18-15(25(23-17)20(29)30)9-16(33-18)19(27)28/h5-9H,1-4H3,(H,27,28)(H,29,30). The van der Waals surface area contributed by atoms with Crippen LogP contribution in [0, 0.1) is 0 Å². The highest BCUT2D eigenvalue weighted by Crippen LogP contribution is 2.38. The SMILES string of the molecule is CC(=O)c1ccc2c(c1)cc(-c1nn(C(=O)O)c3cc(C(=O)O)sc13)n2C(=O)OC(C)(C)C. The second kappa shape index (κ2) is 7.55. The summed E-state index contributed by atoms with van der Waals surface area (Å²) < 4.78 is 7.76. The molecule has 170 valence electrons. The number of hydrogen-bond donors (Lipinski definition) is 2. The Hall–Kier alpha value is -3.99. The van der Waals surface area contributed by atoms with Gasteiger partial charge in [-0.1, -0.05) is 0 Å². The van der Waals surface area contributed by atoms with Crippen molar-refractivity contribution in [1.82, 2.24) is 14.3 Å². The number of ketones is 1. The maximum Gasteiger partial charge on any atom is 0.432 e. The molecular formula is C22H19N3O7S. The van der Waals surface area contributed by atoms with E-state index in [9.17, 15) is 29.4 Å². The Morgan fingerprint density at radius 2 is 1.73 bits per heavy atom. The van der Waals surface area contributed by atoms with E-state index in [0.717, 1.165) is 11.3 Å². The molecule has 0 amide bonds. The van der Waals surface area contributed by atoms with Crippen molar-refractivity contribution in [2.45, 2.75) is 33.3 Å². The van der Waals surface area contributed by atoms with Crippen LogP contribution in [0.5, 0.6) is 0 Å². The zero-order valence-electron chi connectivity index (χ0n) is 18.1. The van der Waals surface area contributed by atoms with Gasteiger partial charge in [0.1, 0.15) is 16.2 Å². The molecule has 0 radical (unpaired) electrons. The van der Waals surface area contributed by atoms with E-state index in [-0.39, 0.29) is 32.3 Å². The minimum absolute atomic E-state index is 0.0718. The Morgan fingerprint density at radius 1 is 1.03 bits per heavy atom. The van der Waals surface area contributed by atoms with Crippen LogP contribution in [-0.2, 0) is 4.74 Å². The minimum atomic E-state index is -1.40. The van der Waals surface area contributed by atoms with Crippen LogP contribution in [0.3, 0.4) is 0 Å². The third-order valence-electron chi connectivity index (χ3n) is 4.77. The molecule has 0 atom stereocenters. The third kappa shape index (κ3) is 3.87. The Balaban J connectivity index is 2.06. The molecule has 0 saturated heterocycles. The fourth-order valence-corrected chi connectivity index (χ4v) is 4.41. The first-order valence-corrected chi connectivity index (χ1v) is 10.6. The number of carbonyl (C=O) groups is 4. The summed E-state index contributed by atoms with van der Waals surface area (Å²) in [5, 5.41) is 23.7. The second-order valence-corrected chi connectivity index (χ2v) is 9.40. The van der Waals surface area contributed by atoms with Crippen molar-refractivity contribution in [2.75, 3.05) is 0 Å². The van der Waals surface area contributed by atoms with E-state index in [1.165, 1.54) is 17.6 Å². The molecule has 33 heavy (non-hydrogen) atoms. The zero-order valence-corrected chi connectivity index (χ0v) is 18.9. The van der Waals surface area contributed by atoms with Gasteiger partial charge in [0.05, 0.1) is 21.4 Å². The molecule has 1 aromatic carbocycles. The summed E-state index contributed by atoms with van der Waals surface area (Å²) in [6.07, 6.45) is -2.13. The van der Waals surface area contributed by atoms with Gasteiger partial charge in [-0.25, -0.2) is 19.0 Å². The molecule has 0 spiro atoms. The molecule has 4 aromatic rings. The minimum Gasteiger partial charge on any atom is -0.477 e. The fourth-order valence-electron chi connectivity index (χ4n) is 3.44. The van der Waals surface area contributed by atoms with Crippen molar-refractivity contribution in [3.8, 4) is 11.4 Å². The fraction of sp³-hybridized carbons (Fsp3) is 0.227. The molecule has 0 unspecified atom stereocenters. The lowest BCUT2D eigenvalue weighted by atomic mass is 10.1. The predicted molar refractivity (Wildman–Crippen MR) is 121 cm³/mol. The molecule has 11 heteroatoms. The molecule has 4 rings (SSSR count). The quantitative estimate of drug-likeness (QED) is 0.402. The summed E-state index contributed by atoms with van der Waals surface area (Å²) >= 11 is 0.851. The van der Waals surface area contributed by atoms with Gasteiger partial charge in [-0.2, -0.15) is 9.78 Å². The average molecular weight is 469 g/mol. The number of Topliss-reactive ketones (excluding diaryl/α,β-unsaturated/α-hetero) is 1. The van der Waals surface area contributed by atoms with E-state index < -0.39 is 23.8 Å². The molecule has 0 aliphatic rings. The molecule has 3 heterocycles. The van der Waals surface area contributed by atoms with Crippen LogP contribution in [-0.4, -0.2) is 54.1 Å². The van der Waals surface area contributed by atoms with Crippen LogP contribution in [0.1, 0.15) is 47.7 Å². The van der Waals surface area contributed by atoms with Gasteiger partial charge < -0.3 is 14.9 Å². The summed E-state index contributed by atoms with van der Waals surface area (Å²) in [6, 6.07) is 7.61. The molecule has 0 bridgehead atoms. The molecular weight excluding hydrogens is 450 g/mol. The number of rotatable bonds is 3. The lowest BCUT2D eigenvalue weighted by Gasteiger charge is -2.20. The van der Waals surface area contributed by atoms with Crippen LogP contribution in [0.15, 0.2) is 30.3 Å². The van der Waals surface area contributed by atoms with Gasteiger partial charge in [-0.15, -0.1) is 11.3 Å². The van der Waals surface area contributed by atoms with Gasteiger partial charge in [-0.3, -0.25) is 4.79 Å². The highest BCUT2D eigenvalue weighted by molar-refractivity contribution is 7.21. The topological polar surface area (TPSA) is 141 Å². The Labute approximate surface area is 190 Å². The van der Waals surface area contributed by atoms with E-state index in [2.05, 4.69) is 5.10 Å². The lowest BCUT2D eigenvalue weighted by molar-refractivity contribution is 0.0546. The molecule has 0 fully saturated rings. The number of aromatic carboxylic acids is 1. The van der Waals surface area contributed by atoms with Crippen molar-refractivity contribution < 1.29 is 34.1 Å². The number of carbonyl (C=O) groups excluding carboxylic acids is 2. The Kier molecular flexibility index (Phi) is 5.08. The summed E-state index contributed by atoms with van der Waals surface area (Å²) in [5.41, 5.74) is 0.447. The smallest absolute Gasteiger partial charge is 0.432 e. The maximum absolute atomic E-state index is 13.2. The van der Waals surface area contributed by atoms with Crippen LogP contribution in [0.25, 0.3) is 32.5 Å². The molecule has 0 aliphatic carbocycles. The third-order valence-corrected chi connectivity index (χ3v) is 5.89. The summed E-state index contributed by atoms with van der Waals surface area (Å²) in [4.78, 5) is 48.2. The van der Waals surface area contributed by atoms with Crippen LogP contribution in [0.2, 0.25) is 0 Å². The number of thiophene rings is 1. The molecule has 10 nitrogen and oxygen atoms in total. The van der Waals surface area contributed by atoms with Gasteiger partial charge in [0, 0.05) is 10.9 Å². The van der Waals surface area contributed by atoms with Crippen LogP contribution >= 0.6 is 11.3 Å². The molecule has 3 aromatic heterocycles. The van der Waals surface area contributed by atoms with E-state index in [1.54, 1.807) is 45.0 Å². The summed E-state index contributed by atoms with van der Waals surface area (Å²) in [6.45, 7) is 6.55. The van der Waals surface area contributed by atoms with Gasteiger partial charge in [-0.05, 0) is 58.0 Å². The first-order valence-electron chi connectivity index (χ1n) is 9.76. The van der Waals surface area contributed by atoms with Gasteiger partial charge >= 0.3 is 18.2 Å². The molecule has 0 saturated carbocycles. The van der Waals surface area contributed by atoms with Gasteiger partial charge in [0.25, 0.3) is 0 Å². The maximum atomic E-state index is 13.2. The Morgan fingerprint density at radius 3 is 2.30 bits per heavy atom. The van der Waals surface area contributed by atoms with E-state index >= 15 is 0 Å². The normalized spacial score (nSPS) is 11.8. The zero-order chi connectivity index (χ0) is 24.2.